The van der Waals surface area contributed by atoms with Gasteiger partial charge in [-0.3, -0.25) is 0 Å². The van der Waals surface area contributed by atoms with Crippen LogP contribution in [0.3, 0.4) is 0 Å². The van der Waals surface area contributed by atoms with Crippen LogP contribution in [0.5, 0.6) is 0 Å². The van der Waals surface area contributed by atoms with Gasteiger partial charge in [-0.15, -0.1) is 0 Å². The van der Waals surface area contributed by atoms with E-state index in [9.17, 15) is 8.42 Å². The van der Waals surface area contributed by atoms with E-state index in [-0.39, 0.29) is 4.90 Å². The molecule has 4 nitrogen and oxygen atoms in total. The molecule has 0 atom stereocenters. The molecule has 0 saturated heterocycles. The molecule has 0 spiro atoms. The highest BCUT2D eigenvalue weighted by Gasteiger charge is 2.19. The predicted molar refractivity (Wildman–Crippen MR) is 73.8 cm³/mol. The molecule has 2 aromatic carbocycles. The first kappa shape index (κ1) is 12.2. The van der Waals surface area contributed by atoms with Crippen molar-refractivity contribution < 1.29 is 8.42 Å². The largest absolute Gasteiger partial charge is 0.283 e. The van der Waals surface area contributed by atoms with E-state index in [1.54, 1.807) is 36.4 Å². The standard InChI is InChI=1S/C13H9ClN2O2S/c14-11-7-6-10-9-15-16(13(10)8-11)19(17,18)12-4-2-1-3-5-12/h1-9H. The molecule has 96 valence electrons. The molecule has 19 heavy (non-hydrogen) atoms. The summed E-state index contributed by atoms with van der Waals surface area (Å²) < 4.78 is 26.0. The monoisotopic (exact) mass is 292 g/mol. The summed E-state index contributed by atoms with van der Waals surface area (Å²) in [5, 5.41) is 5.15. The lowest BCUT2D eigenvalue weighted by Crippen LogP contribution is -2.14. The lowest BCUT2D eigenvalue weighted by Gasteiger charge is -2.05. The second-order valence-electron chi connectivity index (χ2n) is 4.01. The summed E-state index contributed by atoms with van der Waals surface area (Å²) in [4.78, 5) is 0.194. The Hall–Kier alpha value is -1.85. The van der Waals surface area contributed by atoms with Crippen molar-refractivity contribution in [2.45, 2.75) is 4.90 Å². The van der Waals surface area contributed by atoms with E-state index in [1.807, 2.05) is 0 Å². The van der Waals surface area contributed by atoms with Gasteiger partial charge >= 0.3 is 0 Å². The fourth-order valence-electron chi connectivity index (χ4n) is 1.85. The minimum Gasteiger partial charge on any atom is -0.199 e. The predicted octanol–water partition coefficient (Wildman–Crippen LogP) is 2.93. The third-order valence-electron chi connectivity index (χ3n) is 2.77. The Morgan fingerprint density at radius 1 is 1.05 bits per heavy atom. The average molecular weight is 293 g/mol. The molecule has 0 aliphatic carbocycles. The summed E-state index contributed by atoms with van der Waals surface area (Å²) in [5.41, 5.74) is 0.469. The third-order valence-corrected chi connectivity index (χ3v) is 4.62. The van der Waals surface area contributed by atoms with Gasteiger partial charge in [0.15, 0.2) is 0 Å². The van der Waals surface area contributed by atoms with Gasteiger partial charge in [-0.2, -0.15) is 17.6 Å². The van der Waals surface area contributed by atoms with Crippen LogP contribution in [0, 0.1) is 0 Å². The second kappa shape index (κ2) is 4.36. The Balaban J connectivity index is 2.28. The number of benzene rings is 2. The minimum atomic E-state index is -3.69. The Bertz CT molecular complexity index is 841. The van der Waals surface area contributed by atoms with Gasteiger partial charge in [0.1, 0.15) is 0 Å². The second-order valence-corrected chi connectivity index (χ2v) is 6.21. The van der Waals surface area contributed by atoms with E-state index in [1.165, 1.54) is 18.3 Å². The highest BCUT2D eigenvalue weighted by atomic mass is 35.5. The highest BCUT2D eigenvalue weighted by Crippen LogP contribution is 2.22. The Kier molecular flexibility index (Phi) is 2.80. The van der Waals surface area contributed by atoms with E-state index in [0.717, 1.165) is 9.47 Å². The number of hydrogen-bond acceptors (Lipinski definition) is 3. The quantitative estimate of drug-likeness (QED) is 0.730. The zero-order valence-electron chi connectivity index (χ0n) is 9.69. The van der Waals surface area contributed by atoms with Gasteiger partial charge in [-0.25, -0.2) is 0 Å². The first-order valence-corrected chi connectivity index (χ1v) is 7.35. The van der Waals surface area contributed by atoms with E-state index in [0.29, 0.717) is 10.5 Å². The zero-order chi connectivity index (χ0) is 13.5. The average Bonchev–Trinajstić information content (AvgIpc) is 2.83. The molecule has 0 radical (unpaired) electrons. The van der Waals surface area contributed by atoms with Gasteiger partial charge < -0.3 is 0 Å². The number of aromatic nitrogens is 2. The summed E-state index contributed by atoms with van der Waals surface area (Å²) in [6.45, 7) is 0. The van der Waals surface area contributed by atoms with Gasteiger partial charge in [-0.1, -0.05) is 29.8 Å². The Morgan fingerprint density at radius 3 is 2.53 bits per heavy atom. The number of halogens is 1. The Labute approximate surface area is 115 Å². The van der Waals surface area contributed by atoms with Crippen LogP contribution in [0.1, 0.15) is 0 Å². The molecule has 0 aliphatic heterocycles. The first-order chi connectivity index (χ1) is 9.09. The molecule has 0 aliphatic rings. The summed E-state index contributed by atoms with van der Waals surface area (Å²) in [6.07, 6.45) is 1.51. The fraction of sp³-hybridized carbons (Fsp3) is 0. The van der Waals surface area contributed by atoms with Crippen molar-refractivity contribution in [3.05, 3.63) is 59.8 Å². The normalized spacial score (nSPS) is 11.8. The van der Waals surface area contributed by atoms with Crippen molar-refractivity contribution in [2.75, 3.05) is 0 Å². The maximum atomic E-state index is 12.5. The molecule has 0 fully saturated rings. The number of nitrogens with zero attached hydrogens (tertiary/aromatic N) is 2. The van der Waals surface area contributed by atoms with Gasteiger partial charge in [0.25, 0.3) is 10.0 Å². The van der Waals surface area contributed by atoms with Gasteiger partial charge in [-0.05, 0) is 30.3 Å². The molecule has 0 saturated carbocycles. The molecule has 0 amide bonds. The van der Waals surface area contributed by atoms with Gasteiger partial charge in [0.05, 0.1) is 16.6 Å². The van der Waals surface area contributed by atoms with Crippen LogP contribution in [0.4, 0.5) is 0 Å². The molecule has 3 aromatic rings. The molecule has 0 N–H and O–H groups in total. The van der Waals surface area contributed by atoms with E-state index in [2.05, 4.69) is 5.10 Å². The van der Waals surface area contributed by atoms with E-state index < -0.39 is 10.0 Å². The SMILES string of the molecule is O=S(=O)(c1ccccc1)n1ncc2ccc(Cl)cc21. The smallest absolute Gasteiger partial charge is 0.199 e. The molecule has 0 unspecified atom stereocenters. The topological polar surface area (TPSA) is 52.0 Å². The lowest BCUT2D eigenvalue weighted by atomic mass is 10.3. The van der Waals surface area contributed by atoms with Gasteiger partial charge in [0, 0.05) is 10.4 Å². The number of rotatable bonds is 2. The summed E-state index contributed by atoms with van der Waals surface area (Å²) >= 11 is 5.91. The third kappa shape index (κ3) is 2.01. The van der Waals surface area contributed by atoms with Crippen molar-refractivity contribution in [3.63, 3.8) is 0 Å². The number of hydrogen-bond donors (Lipinski definition) is 0. The molecule has 1 aromatic heterocycles. The number of fused-ring (bicyclic) bond motifs is 1. The van der Waals surface area contributed by atoms with E-state index >= 15 is 0 Å². The Morgan fingerprint density at radius 2 is 1.79 bits per heavy atom. The molecular weight excluding hydrogens is 284 g/mol. The highest BCUT2D eigenvalue weighted by molar-refractivity contribution is 7.90. The van der Waals surface area contributed by atoms with Crippen molar-refractivity contribution in [1.82, 2.24) is 9.19 Å². The van der Waals surface area contributed by atoms with Crippen LogP contribution in [-0.2, 0) is 10.0 Å². The lowest BCUT2D eigenvalue weighted by molar-refractivity contribution is 0.582. The van der Waals surface area contributed by atoms with Crippen molar-refractivity contribution >= 4 is 32.5 Å². The van der Waals surface area contributed by atoms with Crippen LogP contribution in [0.25, 0.3) is 10.9 Å². The van der Waals surface area contributed by atoms with Crippen LogP contribution in [0.2, 0.25) is 5.02 Å². The van der Waals surface area contributed by atoms with Gasteiger partial charge in [0.2, 0.25) is 0 Å². The van der Waals surface area contributed by atoms with Crippen LogP contribution < -0.4 is 0 Å². The molecule has 1 heterocycles. The summed E-state index contributed by atoms with van der Waals surface area (Å²) in [6, 6.07) is 13.2. The molecule has 6 heteroatoms. The van der Waals surface area contributed by atoms with Crippen LogP contribution in [0.15, 0.2) is 59.6 Å². The molecule has 0 bridgehead atoms. The fourth-order valence-corrected chi connectivity index (χ4v) is 3.31. The maximum absolute atomic E-state index is 12.5. The molecular formula is C13H9ClN2O2S. The first-order valence-electron chi connectivity index (χ1n) is 5.53. The van der Waals surface area contributed by atoms with Crippen LogP contribution >= 0.6 is 11.6 Å². The summed E-state index contributed by atoms with van der Waals surface area (Å²) in [5.74, 6) is 0. The zero-order valence-corrected chi connectivity index (χ0v) is 11.3. The van der Waals surface area contributed by atoms with E-state index in [4.69, 9.17) is 11.6 Å². The van der Waals surface area contributed by atoms with Crippen molar-refractivity contribution in [1.29, 1.82) is 0 Å². The van der Waals surface area contributed by atoms with Crippen molar-refractivity contribution in [2.24, 2.45) is 0 Å². The van der Waals surface area contributed by atoms with Crippen molar-refractivity contribution in [3.8, 4) is 0 Å². The molecule has 3 rings (SSSR count). The summed E-state index contributed by atoms with van der Waals surface area (Å²) in [7, 11) is -3.69. The van der Waals surface area contributed by atoms with Crippen LogP contribution in [-0.4, -0.2) is 17.6 Å². The minimum absolute atomic E-state index is 0.194. The maximum Gasteiger partial charge on any atom is 0.283 e.